The molecule has 0 aliphatic carbocycles. The molecule has 0 radical (unpaired) electrons. The first-order chi connectivity index (χ1) is 9.13. The van der Waals surface area contributed by atoms with Gasteiger partial charge in [0.1, 0.15) is 10.7 Å². The first kappa shape index (κ1) is 14.1. The van der Waals surface area contributed by atoms with Crippen LogP contribution in [-0.2, 0) is 4.74 Å². The minimum Gasteiger partial charge on any atom is -0.382 e. The van der Waals surface area contributed by atoms with E-state index in [1.807, 2.05) is 18.9 Å². The van der Waals surface area contributed by atoms with Crippen LogP contribution in [0.3, 0.4) is 0 Å². The van der Waals surface area contributed by atoms with E-state index in [9.17, 15) is 4.79 Å². The second-order valence-corrected chi connectivity index (χ2v) is 5.46. The lowest BCUT2D eigenvalue weighted by Gasteiger charge is -2.18. The largest absolute Gasteiger partial charge is 0.382 e. The van der Waals surface area contributed by atoms with Crippen LogP contribution in [0.1, 0.15) is 23.0 Å². The van der Waals surface area contributed by atoms with E-state index in [0.717, 1.165) is 24.6 Å². The van der Waals surface area contributed by atoms with Gasteiger partial charge in [-0.25, -0.2) is 4.98 Å². The molecule has 0 saturated carbocycles. The van der Waals surface area contributed by atoms with E-state index in [1.165, 1.54) is 11.3 Å². The van der Waals surface area contributed by atoms with Gasteiger partial charge in [-0.05, 0) is 13.3 Å². The van der Waals surface area contributed by atoms with Gasteiger partial charge in [0.05, 0.1) is 6.61 Å². The van der Waals surface area contributed by atoms with Crippen LogP contribution in [0.5, 0.6) is 0 Å². The Balaban J connectivity index is 2.16. The number of rotatable bonds is 3. The number of nitrogen functional groups attached to an aromatic ring is 1. The number of amides is 1. The average Bonchev–Trinajstić information content (AvgIpc) is 2.65. The van der Waals surface area contributed by atoms with Gasteiger partial charge < -0.3 is 20.3 Å². The fourth-order valence-electron chi connectivity index (χ4n) is 1.86. The minimum absolute atomic E-state index is 0.0312. The lowest BCUT2D eigenvalue weighted by Crippen LogP contribution is -2.33. The molecule has 1 aliphatic rings. The average molecular weight is 284 g/mol. The lowest BCUT2D eigenvalue weighted by atomic mass is 10.3. The zero-order valence-electron chi connectivity index (χ0n) is 11.4. The molecule has 2 rings (SSSR count). The molecule has 0 unspecified atom stereocenters. The van der Waals surface area contributed by atoms with E-state index in [0.29, 0.717) is 30.5 Å². The molecule has 2 N–H and O–H groups in total. The highest BCUT2D eigenvalue weighted by Crippen LogP contribution is 2.28. The van der Waals surface area contributed by atoms with E-state index >= 15 is 0 Å². The summed E-state index contributed by atoms with van der Waals surface area (Å²) in [5.74, 6) is 0.298. The van der Waals surface area contributed by atoms with Gasteiger partial charge in [0, 0.05) is 33.3 Å². The van der Waals surface area contributed by atoms with Crippen LogP contribution in [0, 0.1) is 0 Å². The van der Waals surface area contributed by atoms with E-state index in [-0.39, 0.29) is 5.91 Å². The fourth-order valence-corrected chi connectivity index (χ4v) is 2.84. The molecule has 1 fully saturated rings. The predicted molar refractivity (Wildman–Crippen MR) is 76.8 cm³/mol. The molecule has 7 heteroatoms. The van der Waals surface area contributed by atoms with Crippen LogP contribution in [0.15, 0.2) is 0 Å². The van der Waals surface area contributed by atoms with Crippen LogP contribution in [-0.4, -0.2) is 55.7 Å². The van der Waals surface area contributed by atoms with Crippen molar-refractivity contribution >= 4 is 28.2 Å². The number of aromatic nitrogens is 1. The van der Waals surface area contributed by atoms with Crippen molar-refractivity contribution in [2.24, 2.45) is 0 Å². The zero-order valence-corrected chi connectivity index (χ0v) is 12.2. The van der Waals surface area contributed by atoms with Gasteiger partial charge in [-0.2, -0.15) is 0 Å². The molecular formula is C12H20N4O2S. The van der Waals surface area contributed by atoms with Crippen LogP contribution < -0.4 is 10.6 Å². The molecular weight excluding hydrogens is 264 g/mol. The second kappa shape index (κ2) is 6.21. The first-order valence-electron chi connectivity index (χ1n) is 6.48. The van der Waals surface area contributed by atoms with Gasteiger partial charge in [-0.3, -0.25) is 4.79 Å². The SMILES string of the molecule is CCN(C)c1nc(N)c(C(=O)N2CCCOCC2)s1. The maximum Gasteiger partial charge on any atom is 0.267 e. The third-order valence-corrected chi connectivity index (χ3v) is 4.32. The molecule has 1 saturated heterocycles. The summed E-state index contributed by atoms with van der Waals surface area (Å²) in [7, 11) is 1.94. The van der Waals surface area contributed by atoms with Crippen molar-refractivity contribution in [2.75, 3.05) is 50.5 Å². The molecule has 1 aromatic rings. The summed E-state index contributed by atoms with van der Waals surface area (Å²) in [6, 6.07) is 0. The number of thiazole rings is 1. The number of anilines is 2. The number of hydrogen-bond acceptors (Lipinski definition) is 6. The highest BCUT2D eigenvalue weighted by molar-refractivity contribution is 7.18. The maximum atomic E-state index is 12.4. The molecule has 106 valence electrons. The fraction of sp³-hybridized carbons (Fsp3) is 0.667. The van der Waals surface area contributed by atoms with E-state index in [2.05, 4.69) is 4.98 Å². The van der Waals surface area contributed by atoms with Crippen molar-refractivity contribution < 1.29 is 9.53 Å². The molecule has 1 aliphatic heterocycles. The summed E-state index contributed by atoms with van der Waals surface area (Å²) in [4.78, 5) is 21.0. The van der Waals surface area contributed by atoms with Crippen LogP contribution in [0.4, 0.5) is 10.9 Å². The summed E-state index contributed by atoms with van der Waals surface area (Å²) < 4.78 is 5.36. The topological polar surface area (TPSA) is 71.7 Å². The predicted octanol–water partition coefficient (Wildman–Crippen LogP) is 1.04. The first-order valence-corrected chi connectivity index (χ1v) is 7.29. The van der Waals surface area contributed by atoms with Gasteiger partial charge >= 0.3 is 0 Å². The molecule has 0 spiro atoms. The molecule has 0 aromatic carbocycles. The summed E-state index contributed by atoms with van der Waals surface area (Å²) >= 11 is 1.36. The monoisotopic (exact) mass is 284 g/mol. The molecule has 6 nitrogen and oxygen atoms in total. The standard InChI is InChI=1S/C12H20N4O2S/c1-3-15(2)12-14-10(13)9(19-12)11(17)16-5-4-7-18-8-6-16/h3-8,13H2,1-2H3. The van der Waals surface area contributed by atoms with Gasteiger partial charge in [0.25, 0.3) is 5.91 Å². The number of nitrogens with two attached hydrogens (primary N) is 1. The number of nitrogens with zero attached hydrogens (tertiary/aromatic N) is 3. The highest BCUT2D eigenvalue weighted by Gasteiger charge is 2.23. The van der Waals surface area contributed by atoms with Crippen molar-refractivity contribution in [3.63, 3.8) is 0 Å². The molecule has 2 heterocycles. The highest BCUT2D eigenvalue weighted by atomic mass is 32.1. The van der Waals surface area contributed by atoms with Crippen LogP contribution >= 0.6 is 11.3 Å². The van der Waals surface area contributed by atoms with E-state index in [4.69, 9.17) is 10.5 Å². The number of hydrogen-bond donors (Lipinski definition) is 1. The van der Waals surface area contributed by atoms with Gasteiger partial charge in [-0.15, -0.1) is 0 Å². The Morgan fingerprint density at radius 2 is 2.32 bits per heavy atom. The Morgan fingerprint density at radius 3 is 3.05 bits per heavy atom. The van der Waals surface area contributed by atoms with Gasteiger partial charge in [0.2, 0.25) is 0 Å². The Morgan fingerprint density at radius 1 is 1.53 bits per heavy atom. The summed E-state index contributed by atoms with van der Waals surface area (Å²) in [6.45, 7) is 5.51. The van der Waals surface area contributed by atoms with Gasteiger partial charge in [0.15, 0.2) is 5.13 Å². The smallest absolute Gasteiger partial charge is 0.267 e. The summed E-state index contributed by atoms with van der Waals surface area (Å²) in [5, 5.41) is 0.787. The lowest BCUT2D eigenvalue weighted by molar-refractivity contribution is 0.0747. The summed E-state index contributed by atoms with van der Waals surface area (Å²) in [6.07, 6.45) is 0.867. The number of ether oxygens (including phenoxy) is 1. The molecule has 0 atom stereocenters. The summed E-state index contributed by atoms with van der Waals surface area (Å²) in [5.41, 5.74) is 5.87. The molecule has 1 aromatic heterocycles. The molecule has 19 heavy (non-hydrogen) atoms. The second-order valence-electron chi connectivity index (χ2n) is 4.48. The quantitative estimate of drug-likeness (QED) is 0.898. The molecule has 0 bridgehead atoms. The van der Waals surface area contributed by atoms with E-state index < -0.39 is 0 Å². The Bertz CT molecular complexity index is 441. The van der Waals surface area contributed by atoms with Crippen LogP contribution in [0.2, 0.25) is 0 Å². The van der Waals surface area contributed by atoms with Crippen molar-refractivity contribution in [2.45, 2.75) is 13.3 Å². The zero-order chi connectivity index (χ0) is 13.8. The normalized spacial score (nSPS) is 16.2. The Kier molecular flexibility index (Phi) is 4.60. The number of carbonyl (C=O) groups is 1. The van der Waals surface area contributed by atoms with Crippen LogP contribution in [0.25, 0.3) is 0 Å². The third kappa shape index (κ3) is 3.16. The van der Waals surface area contributed by atoms with Crippen molar-refractivity contribution in [1.82, 2.24) is 9.88 Å². The van der Waals surface area contributed by atoms with Crippen molar-refractivity contribution in [1.29, 1.82) is 0 Å². The Hall–Kier alpha value is -1.34. The van der Waals surface area contributed by atoms with E-state index in [1.54, 1.807) is 4.90 Å². The van der Waals surface area contributed by atoms with Crippen molar-refractivity contribution in [3.05, 3.63) is 4.88 Å². The van der Waals surface area contributed by atoms with Gasteiger partial charge in [-0.1, -0.05) is 11.3 Å². The maximum absolute atomic E-state index is 12.4. The van der Waals surface area contributed by atoms with Crippen molar-refractivity contribution in [3.8, 4) is 0 Å². The number of carbonyl (C=O) groups excluding carboxylic acids is 1. The molecule has 1 amide bonds. The Labute approximate surface area is 117 Å². The minimum atomic E-state index is -0.0312. The third-order valence-electron chi connectivity index (χ3n) is 3.15.